The Balaban J connectivity index is 2.00. The highest BCUT2D eigenvalue weighted by molar-refractivity contribution is 5.93. The van der Waals surface area contributed by atoms with E-state index in [1.54, 1.807) is 6.07 Å². The van der Waals surface area contributed by atoms with Crippen LogP contribution in [0.25, 0.3) is 0 Å². The Morgan fingerprint density at radius 2 is 1.72 bits per heavy atom. The molecule has 1 atom stereocenters. The molecule has 0 aliphatic rings. The van der Waals surface area contributed by atoms with Crippen LogP contribution in [0.2, 0.25) is 0 Å². The summed E-state index contributed by atoms with van der Waals surface area (Å²) in [4.78, 5) is 12.3. The fraction of sp³-hybridized carbons (Fsp3) is 0.350. The molecule has 0 aliphatic carbocycles. The van der Waals surface area contributed by atoms with Crippen LogP contribution >= 0.6 is 0 Å². The first kappa shape index (κ1) is 19.1. The first-order valence-electron chi connectivity index (χ1n) is 8.65. The second kappa shape index (κ2) is 8.72. The Kier molecular flexibility index (Phi) is 6.65. The Morgan fingerprint density at radius 1 is 1.08 bits per heavy atom. The second-order valence-corrected chi connectivity index (χ2v) is 6.11. The molecule has 134 valence electrons. The fourth-order valence-corrected chi connectivity index (χ4v) is 2.81. The Labute approximate surface area is 147 Å². The van der Waals surface area contributed by atoms with Gasteiger partial charge in [0.1, 0.15) is 6.04 Å². The van der Waals surface area contributed by atoms with Crippen LogP contribution in [0.3, 0.4) is 0 Å². The maximum absolute atomic E-state index is 13.3. The van der Waals surface area contributed by atoms with Crippen LogP contribution in [0.4, 0.5) is 14.5 Å². The number of nitrogens with two attached hydrogens (primary N) is 1. The standard InChI is InChI=1S/C20H24F2N2O/c1-4-14-7-6-8-15(5-2)20(14)24-19(25)12-23-13(3)16-9-10-17(21)18(22)11-16/h6-11,13,23H,4-5,12H2,1-3H3,(H,24,25)/p+1/t13-/m0/s1. The molecule has 5 heteroatoms. The van der Waals surface area contributed by atoms with E-state index in [4.69, 9.17) is 0 Å². The molecule has 0 saturated carbocycles. The van der Waals surface area contributed by atoms with Crippen LogP contribution in [0, 0.1) is 11.6 Å². The lowest BCUT2D eigenvalue weighted by Crippen LogP contribution is -2.86. The van der Waals surface area contributed by atoms with E-state index in [0.717, 1.165) is 35.7 Å². The topological polar surface area (TPSA) is 45.7 Å². The van der Waals surface area contributed by atoms with Gasteiger partial charge >= 0.3 is 0 Å². The maximum atomic E-state index is 13.3. The highest BCUT2D eigenvalue weighted by Crippen LogP contribution is 2.22. The fourth-order valence-electron chi connectivity index (χ4n) is 2.81. The van der Waals surface area contributed by atoms with Gasteiger partial charge in [-0.25, -0.2) is 8.78 Å². The quantitative estimate of drug-likeness (QED) is 0.793. The van der Waals surface area contributed by atoms with E-state index in [1.165, 1.54) is 6.07 Å². The third kappa shape index (κ3) is 4.86. The van der Waals surface area contributed by atoms with Crippen molar-refractivity contribution in [2.75, 3.05) is 11.9 Å². The molecule has 0 bridgehead atoms. The van der Waals surface area contributed by atoms with Crippen molar-refractivity contribution in [3.63, 3.8) is 0 Å². The summed E-state index contributed by atoms with van der Waals surface area (Å²) >= 11 is 0. The van der Waals surface area contributed by atoms with Gasteiger partial charge in [-0.3, -0.25) is 4.79 Å². The summed E-state index contributed by atoms with van der Waals surface area (Å²) in [5.41, 5.74) is 3.77. The third-order valence-corrected chi connectivity index (χ3v) is 4.39. The van der Waals surface area contributed by atoms with Gasteiger partial charge in [-0.15, -0.1) is 0 Å². The van der Waals surface area contributed by atoms with Gasteiger partial charge in [0.15, 0.2) is 18.2 Å². The Morgan fingerprint density at radius 3 is 2.28 bits per heavy atom. The maximum Gasteiger partial charge on any atom is 0.279 e. The molecule has 0 fully saturated rings. The molecule has 0 aromatic heterocycles. The zero-order valence-corrected chi connectivity index (χ0v) is 14.9. The summed E-state index contributed by atoms with van der Waals surface area (Å²) in [6, 6.07) is 9.72. The number of carbonyl (C=O) groups excluding carboxylic acids is 1. The van der Waals surface area contributed by atoms with Gasteiger partial charge in [-0.05, 0) is 49.1 Å². The number of para-hydroxylation sites is 1. The van der Waals surface area contributed by atoms with Crippen LogP contribution in [-0.2, 0) is 17.6 Å². The molecule has 25 heavy (non-hydrogen) atoms. The molecule has 2 rings (SSSR count). The zero-order valence-electron chi connectivity index (χ0n) is 14.9. The van der Waals surface area contributed by atoms with E-state index < -0.39 is 11.6 Å². The average Bonchev–Trinajstić information content (AvgIpc) is 2.62. The number of nitrogens with one attached hydrogen (secondary N) is 1. The number of hydrogen-bond acceptors (Lipinski definition) is 1. The summed E-state index contributed by atoms with van der Waals surface area (Å²) < 4.78 is 26.3. The number of carbonyl (C=O) groups is 1. The summed E-state index contributed by atoms with van der Waals surface area (Å²) in [6.45, 7) is 6.18. The van der Waals surface area contributed by atoms with Crippen molar-refractivity contribution in [3.05, 3.63) is 64.7 Å². The number of benzene rings is 2. The number of rotatable bonds is 7. The van der Waals surface area contributed by atoms with Gasteiger partial charge < -0.3 is 10.6 Å². The van der Waals surface area contributed by atoms with Gasteiger partial charge in [-0.2, -0.15) is 0 Å². The lowest BCUT2D eigenvalue weighted by Gasteiger charge is -2.15. The molecule has 2 aromatic rings. The third-order valence-electron chi connectivity index (χ3n) is 4.39. The summed E-state index contributed by atoms with van der Waals surface area (Å²) in [7, 11) is 0. The molecule has 1 amide bonds. The molecule has 2 aromatic carbocycles. The first-order chi connectivity index (χ1) is 12.0. The summed E-state index contributed by atoms with van der Waals surface area (Å²) in [5.74, 6) is -1.84. The normalized spacial score (nSPS) is 12.0. The van der Waals surface area contributed by atoms with E-state index in [-0.39, 0.29) is 18.5 Å². The number of hydrogen-bond donors (Lipinski definition) is 2. The van der Waals surface area contributed by atoms with E-state index in [2.05, 4.69) is 19.2 Å². The number of aryl methyl sites for hydroxylation is 2. The van der Waals surface area contributed by atoms with E-state index in [9.17, 15) is 13.6 Å². The van der Waals surface area contributed by atoms with Gasteiger partial charge in [0.05, 0.1) is 0 Å². The van der Waals surface area contributed by atoms with Crippen molar-refractivity contribution in [2.24, 2.45) is 0 Å². The van der Waals surface area contributed by atoms with Gasteiger partial charge in [0.25, 0.3) is 5.91 Å². The highest BCUT2D eigenvalue weighted by atomic mass is 19.2. The largest absolute Gasteiger partial charge is 0.333 e. The first-order valence-corrected chi connectivity index (χ1v) is 8.65. The predicted molar refractivity (Wildman–Crippen MR) is 95.4 cm³/mol. The molecule has 0 radical (unpaired) electrons. The minimum absolute atomic E-state index is 0.106. The highest BCUT2D eigenvalue weighted by Gasteiger charge is 2.15. The smallest absolute Gasteiger partial charge is 0.279 e. The average molecular weight is 347 g/mol. The van der Waals surface area contributed by atoms with Crippen molar-refractivity contribution in [1.82, 2.24) is 0 Å². The molecular weight excluding hydrogens is 322 g/mol. The summed E-state index contributed by atoms with van der Waals surface area (Å²) in [5, 5.41) is 4.81. The molecule has 0 unspecified atom stereocenters. The Hall–Kier alpha value is -2.27. The second-order valence-electron chi connectivity index (χ2n) is 6.11. The molecule has 3 N–H and O–H groups in total. The number of anilines is 1. The van der Waals surface area contributed by atoms with Crippen LogP contribution in [0.15, 0.2) is 36.4 Å². The molecule has 3 nitrogen and oxygen atoms in total. The van der Waals surface area contributed by atoms with Crippen molar-refractivity contribution < 1.29 is 18.9 Å². The van der Waals surface area contributed by atoms with Crippen molar-refractivity contribution in [2.45, 2.75) is 39.7 Å². The van der Waals surface area contributed by atoms with E-state index in [1.807, 2.05) is 30.4 Å². The molecule has 0 spiro atoms. The molecular formula is C20H25F2N2O+. The minimum Gasteiger partial charge on any atom is -0.333 e. The van der Waals surface area contributed by atoms with Crippen molar-refractivity contribution in [1.29, 1.82) is 0 Å². The van der Waals surface area contributed by atoms with Crippen LogP contribution < -0.4 is 10.6 Å². The molecule has 0 saturated heterocycles. The van der Waals surface area contributed by atoms with Crippen molar-refractivity contribution >= 4 is 11.6 Å². The molecule has 0 aliphatic heterocycles. The Bertz CT molecular complexity index is 724. The van der Waals surface area contributed by atoms with Crippen LogP contribution in [0.1, 0.15) is 43.5 Å². The predicted octanol–water partition coefficient (Wildman–Crippen LogP) is 3.35. The van der Waals surface area contributed by atoms with Crippen LogP contribution in [0.5, 0.6) is 0 Å². The van der Waals surface area contributed by atoms with E-state index in [0.29, 0.717) is 5.56 Å². The van der Waals surface area contributed by atoms with E-state index >= 15 is 0 Å². The number of amides is 1. The lowest BCUT2D eigenvalue weighted by molar-refractivity contribution is -0.682. The van der Waals surface area contributed by atoms with Gasteiger partial charge in [-0.1, -0.05) is 32.0 Å². The van der Waals surface area contributed by atoms with Gasteiger partial charge in [0.2, 0.25) is 0 Å². The lowest BCUT2D eigenvalue weighted by atomic mass is 10.0. The molecule has 0 heterocycles. The van der Waals surface area contributed by atoms with Crippen LogP contribution in [-0.4, -0.2) is 12.5 Å². The summed E-state index contributed by atoms with van der Waals surface area (Å²) in [6.07, 6.45) is 1.69. The van der Waals surface area contributed by atoms with Gasteiger partial charge in [0, 0.05) is 11.3 Å². The SMILES string of the molecule is CCc1cccc(CC)c1NC(=O)C[NH2+][C@@H](C)c1ccc(F)c(F)c1. The monoisotopic (exact) mass is 347 g/mol. The minimum atomic E-state index is -0.869. The zero-order chi connectivity index (χ0) is 18.4. The number of halogens is 2. The number of quaternary nitrogens is 1. The van der Waals surface area contributed by atoms with Crippen molar-refractivity contribution in [3.8, 4) is 0 Å².